The largest absolute Gasteiger partial charge is 0.467 e. The highest BCUT2D eigenvalue weighted by molar-refractivity contribution is 5.83. The summed E-state index contributed by atoms with van der Waals surface area (Å²) in [6, 6.07) is -0.605. The van der Waals surface area contributed by atoms with Crippen LogP contribution in [-0.2, 0) is 14.3 Å². The molecule has 1 aliphatic carbocycles. The molecule has 0 spiro atoms. The second kappa shape index (κ2) is 6.73. The van der Waals surface area contributed by atoms with Crippen LogP contribution in [0.25, 0.3) is 0 Å². The molecular formula is C13H24N2O3. The van der Waals surface area contributed by atoms with E-state index in [0.717, 1.165) is 12.8 Å². The summed E-state index contributed by atoms with van der Waals surface area (Å²) in [6.07, 6.45) is 5.93. The van der Waals surface area contributed by atoms with Gasteiger partial charge in [0, 0.05) is 19.0 Å². The standard InChI is InChI=1S/C13H24N2O3/c1-10(16)15-11(12(17)18-3)9-14-13(2)7-5-4-6-8-13/h11,14H,4-9H2,1-3H3,(H,15,16). The summed E-state index contributed by atoms with van der Waals surface area (Å²) in [5, 5.41) is 6.01. The zero-order valence-corrected chi connectivity index (χ0v) is 11.5. The molecule has 1 fully saturated rings. The minimum Gasteiger partial charge on any atom is -0.467 e. The van der Waals surface area contributed by atoms with Gasteiger partial charge in [-0.05, 0) is 19.8 Å². The molecule has 0 aromatic carbocycles. The fourth-order valence-corrected chi connectivity index (χ4v) is 2.44. The summed E-state index contributed by atoms with van der Waals surface area (Å²) in [4.78, 5) is 22.6. The van der Waals surface area contributed by atoms with Crippen molar-refractivity contribution >= 4 is 11.9 Å². The van der Waals surface area contributed by atoms with Crippen LogP contribution in [0.5, 0.6) is 0 Å². The van der Waals surface area contributed by atoms with Crippen molar-refractivity contribution in [3.63, 3.8) is 0 Å². The molecule has 1 amide bonds. The van der Waals surface area contributed by atoms with E-state index >= 15 is 0 Å². The van der Waals surface area contributed by atoms with Crippen LogP contribution in [0.3, 0.4) is 0 Å². The molecule has 1 saturated carbocycles. The van der Waals surface area contributed by atoms with E-state index in [4.69, 9.17) is 4.74 Å². The van der Waals surface area contributed by atoms with Crippen molar-refractivity contribution in [2.45, 2.75) is 57.5 Å². The van der Waals surface area contributed by atoms with Gasteiger partial charge in [-0.3, -0.25) is 4.79 Å². The quantitative estimate of drug-likeness (QED) is 0.719. The zero-order valence-electron chi connectivity index (χ0n) is 11.5. The van der Waals surface area contributed by atoms with Gasteiger partial charge in [-0.1, -0.05) is 19.3 Å². The molecular weight excluding hydrogens is 232 g/mol. The third-order valence-corrected chi connectivity index (χ3v) is 3.55. The van der Waals surface area contributed by atoms with Gasteiger partial charge in [0.2, 0.25) is 5.91 Å². The van der Waals surface area contributed by atoms with E-state index in [-0.39, 0.29) is 11.4 Å². The second-order valence-electron chi connectivity index (χ2n) is 5.28. The summed E-state index contributed by atoms with van der Waals surface area (Å²) < 4.78 is 4.69. The van der Waals surface area contributed by atoms with Gasteiger partial charge < -0.3 is 15.4 Å². The normalized spacial score (nSPS) is 19.9. The van der Waals surface area contributed by atoms with Crippen molar-refractivity contribution in [3.8, 4) is 0 Å². The van der Waals surface area contributed by atoms with Crippen molar-refractivity contribution < 1.29 is 14.3 Å². The van der Waals surface area contributed by atoms with E-state index in [1.54, 1.807) is 0 Å². The van der Waals surface area contributed by atoms with Gasteiger partial charge in [0.1, 0.15) is 6.04 Å². The number of methoxy groups -OCH3 is 1. The predicted octanol–water partition coefficient (Wildman–Crippen LogP) is 0.976. The third kappa shape index (κ3) is 4.64. The number of nitrogens with one attached hydrogen (secondary N) is 2. The van der Waals surface area contributed by atoms with E-state index in [9.17, 15) is 9.59 Å². The Balaban J connectivity index is 2.49. The Kier molecular flexibility index (Phi) is 5.59. The lowest BCUT2D eigenvalue weighted by atomic mass is 9.83. The van der Waals surface area contributed by atoms with Crippen molar-refractivity contribution in [1.82, 2.24) is 10.6 Å². The van der Waals surface area contributed by atoms with Crippen LogP contribution in [0.15, 0.2) is 0 Å². The van der Waals surface area contributed by atoms with E-state index in [2.05, 4.69) is 17.6 Å². The SMILES string of the molecule is COC(=O)C(CNC1(C)CCCCC1)NC(C)=O. The highest BCUT2D eigenvalue weighted by Crippen LogP contribution is 2.27. The maximum Gasteiger partial charge on any atom is 0.329 e. The highest BCUT2D eigenvalue weighted by atomic mass is 16.5. The van der Waals surface area contributed by atoms with E-state index < -0.39 is 12.0 Å². The van der Waals surface area contributed by atoms with Gasteiger partial charge in [-0.25, -0.2) is 4.79 Å². The fourth-order valence-electron chi connectivity index (χ4n) is 2.44. The molecule has 2 N–H and O–H groups in total. The molecule has 18 heavy (non-hydrogen) atoms. The number of hydrogen-bond acceptors (Lipinski definition) is 4. The van der Waals surface area contributed by atoms with Crippen LogP contribution in [0, 0.1) is 0 Å². The van der Waals surface area contributed by atoms with Crippen LogP contribution < -0.4 is 10.6 Å². The summed E-state index contributed by atoms with van der Waals surface area (Å²) in [5.41, 5.74) is 0.0724. The number of carbonyl (C=O) groups is 2. The molecule has 5 heteroatoms. The fraction of sp³-hybridized carbons (Fsp3) is 0.846. The monoisotopic (exact) mass is 256 g/mol. The van der Waals surface area contributed by atoms with E-state index in [1.165, 1.54) is 33.3 Å². The topological polar surface area (TPSA) is 67.4 Å². The van der Waals surface area contributed by atoms with Gasteiger partial charge in [0.25, 0.3) is 0 Å². The molecule has 0 saturated heterocycles. The van der Waals surface area contributed by atoms with Crippen molar-refractivity contribution in [2.24, 2.45) is 0 Å². The number of amides is 1. The molecule has 1 rings (SSSR count). The molecule has 1 atom stereocenters. The van der Waals surface area contributed by atoms with Gasteiger partial charge >= 0.3 is 5.97 Å². The molecule has 0 heterocycles. The minimum absolute atomic E-state index is 0.0724. The molecule has 0 bridgehead atoms. The van der Waals surface area contributed by atoms with Crippen LogP contribution in [0.2, 0.25) is 0 Å². The highest BCUT2D eigenvalue weighted by Gasteiger charge is 2.29. The lowest BCUT2D eigenvalue weighted by Crippen LogP contribution is -2.53. The number of esters is 1. The average Bonchev–Trinajstić information content (AvgIpc) is 2.34. The maximum atomic E-state index is 11.5. The lowest BCUT2D eigenvalue weighted by Gasteiger charge is -2.35. The number of carbonyl (C=O) groups excluding carboxylic acids is 2. The van der Waals surface area contributed by atoms with Crippen LogP contribution in [0.1, 0.15) is 46.0 Å². The van der Waals surface area contributed by atoms with Crippen molar-refractivity contribution in [3.05, 3.63) is 0 Å². The first-order valence-electron chi connectivity index (χ1n) is 6.57. The molecule has 104 valence electrons. The summed E-state index contributed by atoms with van der Waals surface area (Å²) in [7, 11) is 1.33. The molecule has 1 aliphatic rings. The first-order chi connectivity index (χ1) is 8.47. The Hall–Kier alpha value is -1.10. The second-order valence-corrected chi connectivity index (χ2v) is 5.28. The maximum absolute atomic E-state index is 11.5. The predicted molar refractivity (Wildman–Crippen MR) is 69.1 cm³/mol. The van der Waals surface area contributed by atoms with E-state index in [1.807, 2.05) is 0 Å². The third-order valence-electron chi connectivity index (χ3n) is 3.55. The smallest absolute Gasteiger partial charge is 0.329 e. The van der Waals surface area contributed by atoms with Gasteiger partial charge in [0.15, 0.2) is 0 Å². The van der Waals surface area contributed by atoms with Gasteiger partial charge in [-0.15, -0.1) is 0 Å². The summed E-state index contributed by atoms with van der Waals surface area (Å²) >= 11 is 0. The van der Waals surface area contributed by atoms with Crippen LogP contribution >= 0.6 is 0 Å². The minimum atomic E-state index is -0.605. The zero-order chi connectivity index (χ0) is 13.6. The Labute approximate surface area is 109 Å². The molecule has 0 radical (unpaired) electrons. The molecule has 0 aromatic rings. The first kappa shape index (κ1) is 15.0. The molecule has 0 aromatic heterocycles. The average molecular weight is 256 g/mol. The Morgan fingerprint density at radius 1 is 1.28 bits per heavy atom. The van der Waals surface area contributed by atoms with Crippen LogP contribution in [-0.4, -0.2) is 37.1 Å². The van der Waals surface area contributed by atoms with Gasteiger partial charge in [-0.2, -0.15) is 0 Å². The molecule has 0 aliphatic heterocycles. The van der Waals surface area contributed by atoms with Crippen molar-refractivity contribution in [2.75, 3.05) is 13.7 Å². The Morgan fingerprint density at radius 2 is 1.89 bits per heavy atom. The molecule has 5 nitrogen and oxygen atoms in total. The Bertz CT molecular complexity index is 299. The van der Waals surface area contributed by atoms with E-state index in [0.29, 0.717) is 6.54 Å². The summed E-state index contributed by atoms with van der Waals surface area (Å²) in [5.74, 6) is -0.627. The number of ether oxygens (including phenoxy) is 1. The molecule has 1 unspecified atom stereocenters. The number of hydrogen-bond donors (Lipinski definition) is 2. The van der Waals surface area contributed by atoms with Crippen LogP contribution in [0.4, 0.5) is 0 Å². The lowest BCUT2D eigenvalue weighted by molar-refractivity contribution is -0.144. The van der Waals surface area contributed by atoms with Crippen molar-refractivity contribution in [1.29, 1.82) is 0 Å². The first-order valence-corrected chi connectivity index (χ1v) is 6.57. The number of rotatable bonds is 5. The Morgan fingerprint density at radius 3 is 2.39 bits per heavy atom. The van der Waals surface area contributed by atoms with Gasteiger partial charge in [0.05, 0.1) is 7.11 Å². The summed E-state index contributed by atoms with van der Waals surface area (Å²) in [6.45, 7) is 4.00.